The topological polar surface area (TPSA) is 62.3 Å². The van der Waals surface area contributed by atoms with Crippen molar-refractivity contribution >= 4 is 21.8 Å². The molecule has 1 atom stereocenters. The maximum atomic E-state index is 7.41. The van der Waals surface area contributed by atoms with Gasteiger partial charge in [-0.15, -0.1) is 0 Å². The first-order valence-corrected chi connectivity index (χ1v) is 6.37. The Bertz CT molecular complexity index is 410. The van der Waals surface area contributed by atoms with E-state index in [4.69, 9.17) is 15.9 Å². The highest BCUT2D eigenvalue weighted by Crippen LogP contribution is 2.15. The lowest BCUT2D eigenvalue weighted by molar-refractivity contribution is 0.00236. The molecule has 5 heteroatoms. The molecule has 0 bridgehead atoms. The Labute approximate surface area is 109 Å². The molecule has 4 nitrogen and oxygen atoms in total. The largest absolute Gasteiger partial charge is 0.385 e. The van der Waals surface area contributed by atoms with Gasteiger partial charge in [0.15, 0.2) is 0 Å². The summed E-state index contributed by atoms with van der Waals surface area (Å²) in [5.41, 5.74) is 6.72. The van der Waals surface area contributed by atoms with Crippen molar-refractivity contribution in [3.63, 3.8) is 0 Å². The summed E-state index contributed by atoms with van der Waals surface area (Å²) in [6.45, 7) is 3.09. The quantitative estimate of drug-likeness (QED) is 0.658. The van der Waals surface area contributed by atoms with Crippen molar-refractivity contribution in [1.82, 2.24) is 4.90 Å². The smallest absolute Gasteiger partial charge is 0.127 e. The first-order valence-electron chi connectivity index (χ1n) is 5.57. The minimum Gasteiger partial charge on any atom is -0.385 e. The summed E-state index contributed by atoms with van der Waals surface area (Å²) >= 11 is 3.46. The van der Waals surface area contributed by atoms with Gasteiger partial charge in [0.1, 0.15) is 11.9 Å². The number of halogens is 1. The number of morpholine rings is 1. The van der Waals surface area contributed by atoms with E-state index >= 15 is 0 Å². The molecule has 1 saturated heterocycles. The van der Waals surface area contributed by atoms with Gasteiger partial charge in [0.25, 0.3) is 0 Å². The van der Waals surface area contributed by atoms with Gasteiger partial charge in [0.05, 0.1) is 6.61 Å². The lowest BCUT2D eigenvalue weighted by atomic mass is 10.2. The number of benzene rings is 1. The molecule has 0 aliphatic carbocycles. The van der Waals surface area contributed by atoms with Gasteiger partial charge >= 0.3 is 0 Å². The van der Waals surface area contributed by atoms with E-state index in [1.807, 2.05) is 12.1 Å². The Kier molecular flexibility index (Phi) is 4.15. The van der Waals surface area contributed by atoms with Crippen molar-refractivity contribution < 1.29 is 4.74 Å². The lowest BCUT2D eigenvalue weighted by Crippen LogP contribution is -2.47. The third kappa shape index (κ3) is 3.52. The van der Waals surface area contributed by atoms with Gasteiger partial charge in [-0.1, -0.05) is 28.1 Å². The van der Waals surface area contributed by atoms with E-state index in [0.29, 0.717) is 13.2 Å². The van der Waals surface area contributed by atoms with E-state index in [9.17, 15) is 0 Å². The molecule has 0 radical (unpaired) electrons. The highest BCUT2D eigenvalue weighted by Gasteiger charge is 2.22. The molecule has 92 valence electrons. The fourth-order valence-corrected chi connectivity index (χ4v) is 2.37. The Balaban J connectivity index is 1.97. The van der Waals surface area contributed by atoms with Crippen LogP contribution in [0.5, 0.6) is 0 Å². The Morgan fingerprint density at radius 2 is 2.41 bits per heavy atom. The van der Waals surface area contributed by atoms with Crippen molar-refractivity contribution in [2.45, 2.75) is 12.6 Å². The van der Waals surface area contributed by atoms with Gasteiger partial charge in [0, 0.05) is 24.1 Å². The van der Waals surface area contributed by atoms with Crippen LogP contribution in [-0.4, -0.2) is 36.5 Å². The summed E-state index contributed by atoms with van der Waals surface area (Å²) in [7, 11) is 0. The van der Waals surface area contributed by atoms with Crippen LogP contribution >= 0.6 is 15.9 Å². The lowest BCUT2D eigenvalue weighted by Gasteiger charge is -2.32. The number of rotatable bonds is 3. The maximum Gasteiger partial charge on any atom is 0.127 e. The molecule has 2 rings (SSSR count). The zero-order chi connectivity index (χ0) is 12.3. The second-order valence-corrected chi connectivity index (χ2v) is 5.10. The van der Waals surface area contributed by atoms with Crippen LogP contribution in [-0.2, 0) is 11.3 Å². The zero-order valence-corrected chi connectivity index (χ0v) is 11.1. The molecule has 1 aromatic carbocycles. The third-order valence-corrected chi connectivity index (χ3v) is 3.29. The number of nitrogens with zero attached hydrogens (tertiary/aromatic N) is 1. The molecule has 1 heterocycles. The molecule has 1 aliphatic rings. The number of amidine groups is 1. The number of nitrogens with two attached hydrogens (primary N) is 1. The van der Waals surface area contributed by atoms with Gasteiger partial charge in [-0.3, -0.25) is 10.3 Å². The Morgan fingerprint density at radius 3 is 3.12 bits per heavy atom. The highest BCUT2D eigenvalue weighted by molar-refractivity contribution is 9.10. The van der Waals surface area contributed by atoms with Crippen molar-refractivity contribution in [2.75, 3.05) is 19.7 Å². The molecule has 1 aromatic rings. The molecular weight excluding hydrogens is 282 g/mol. The number of hydrogen-bond donors (Lipinski definition) is 2. The maximum absolute atomic E-state index is 7.41. The van der Waals surface area contributed by atoms with Crippen LogP contribution in [0.3, 0.4) is 0 Å². The van der Waals surface area contributed by atoms with Crippen molar-refractivity contribution in [3.8, 4) is 0 Å². The summed E-state index contributed by atoms with van der Waals surface area (Å²) in [6.07, 6.45) is -0.254. The van der Waals surface area contributed by atoms with Gasteiger partial charge < -0.3 is 10.5 Å². The summed E-state index contributed by atoms with van der Waals surface area (Å²) in [4.78, 5) is 2.26. The summed E-state index contributed by atoms with van der Waals surface area (Å²) in [5.74, 6) is 0.115. The van der Waals surface area contributed by atoms with Crippen LogP contribution in [0.1, 0.15) is 5.56 Å². The van der Waals surface area contributed by atoms with Gasteiger partial charge in [0.2, 0.25) is 0 Å². The molecule has 0 aromatic heterocycles. The monoisotopic (exact) mass is 297 g/mol. The number of nitrogens with one attached hydrogen (secondary N) is 1. The normalized spacial score (nSPS) is 21.4. The first kappa shape index (κ1) is 12.5. The van der Waals surface area contributed by atoms with Gasteiger partial charge in [-0.05, 0) is 17.7 Å². The van der Waals surface area contributed by atoms with Crippen LogP contribution in [0.25, 0.3) is 0 Å². The van der Waals surface area contributed by atoms with E-state index < -0.39 is 0 Å². The summed E-state index contributed by atoms with van der Waals surface area (Å²) < 4.78 is 6.52. The van der Waals surface area contributed by atoms with Crippen molar-refractivity contribution in [3.05, 3.63) is 34.3 Å². The van der Waals surface area contributed by atoms with E-state index in [2.05, 4.69) is 33.0 Å². The van der Waals surface area contributed by atoms with E-state index in [-0.39, 0.29) is 11.9 Å². The van der Waals surface area contributed by atoms with E-state index in [1.165, 1.54) is 5.56 Å². The molecule has 1 fully saturated rings. The molecule has 17 heavy (non-hydrogen) atoms. The van der Waals surface area contributed by atoms with Crippen molar-refractivity contribution in [2.24, 2.45) is 5.73 Å². The number of hydrogen-bond acceptors (Lipinski definition) is 3. The first-order chi connectivity index (χ1) is 8.15. The standard InChI is InChI=1S/C12H16BrN3O/c13-10-3-1-2-9(6-10)7-16-4-5-17-11(8-16)12(14)15/h1-3,6,11H,4-5,7-8H2,(H3,14,15). The minimum atomic E-state index is -0.254. The third-order valence-electron chi connectivity index (χ3n) is 2.79. The molecule has 0 spiro atoms. The number of ether oxygens (including phenoxy) is 1. The highest BCUT2D eigenvalue weighted by atomic mass is 79.9. The van der Waals surface area contributed by atoms with E-state index in [0.717, 1.165) is 17.6 Å². The molecule has 1 unspecified atom stereocenters. The molecule has 1 aliphatic heterocycles. The molecule has 0 amide bonds. The van der Waals surface area contributed by atoms with E-state index in [1.54, 1.807) is 0 Å². The molecule has 0 saturated carbocycles. The van der Waals surface area contributed by atoms with Crippen molar-refractivity contribution in [1.29, 1.82) is 5.41 Å². The van der Waals surface area contributed by atoms with Crippen LogP contribution in [0.2, 0.25) is 0 Å². The SMILES string of the molecule is N=C(N)C1CN(Cc2cccc(Br)c2)CCO1. The van der Waals surface area contributed by atoms with Gasteiger partial charge in [-0.25, -0.2) is 0 Å². The van der Waals surface area contributed by atoms with Crippen LogP contribution in [0.4, 0.5) is 0 Å². The Hall–Kier alpha value is -0.910. The second kappa shape index (κ2) is 5.62. The predicted molar refractivity (Wildman–Crippen MR) is 71.1 cm³/mol. The van der Waals surface area contributed by atoms with Crippen LogP contribution in [0.15, 0.2) is 28.7 Å². The van der Waals surface area contributed by atoms with Crippen LogP contribution in [0, 0.1) is 5.41 Å². The predicted octanol–water partition coefficient (Wildman–Crippen LogP) is 1.59. The minimum absolute atomic E-state index is 0.115. The molecule has 3 N–H and O–H groups in total. The Morgan fingerprint density at radius 1 is 1.59 bits per heavy atom. The summed E-state index contributed by atoms with van der Waals surface area (Å²) in [5, 5.41) is 7.41. The second-order valence-electron chi connectivity index (χ2n) is 4.18. The van der Waals surface area contributed by atoms with Crippen LogP contribution < -0.4 is 5.73 Å². The fraction of sp³-hybridized carbons (Fsp3) is 0.417. The van der Waals surface area contributed by atoms with Gasteiger partial charge in [-0.2, -0.15) is 0 Å². The zero-order valence-electron chi connectivity index (χ0n) is 9.53. The average molecular weight is 298 g/mol. The summed E-state index contributed by atoms with van der Waals surface area (Å²) in [6, 6.07) is 8.25. The fourth-order valence-electron chi connectivity index (χ4n) is 1.93. The molecular formula is C12H16BrN3O. The average Bonchev–Trinajstić information content (AvgIpc) is 2.29.